The molecule has 0 aromatic rings. The molecule has 2 radical (unpaired) electrons. The van der Waals surface area contributed by atoms with Crippen molar-refractivity contribution in [1.29, 1.82) is 0 Å². The van der Waals surface area contributed by atoms with Gasteiger partial charge in [0.2, 0.25) is 9.76 Å². The Labute approximate surface area is 90.1 Å². The summed E-state index contributed by atoms with van der Waals surface area (Å²) in [4.78, 5) is 0. The number of unbranched alkanes of at least 4 members (excludes halogenated alkanes) is 1. The van der Waals surface area contributed by atoms with Crippen molar-refractivity contribution in [3.05, 3.63) is 0 Å². The third-order valence-electron chi connectivity index (χ3n) is 1.64. The van der Waals surface area contributed by atoms with Gasteiger partial charge in [-0.15, -0.1) is 0 Å². The van der Waals surface area contributed by atoms with Crippen molar-refractivity contribution in [2.45, 2.75) is 32.7 Å². The maximum absolute atomic E-state index is 5.40. The summed E-state index contributed by atoms with van der Waals surface area (Å²) in [6.07, 6.45) is 2.52. The second-order valence-corrected chi connectivity index (χ2v) is 3.98. The maximum Gasteiger partial charge on any atom is 0.229 e. The van der Waals surface area contributed by atoms with E-state index in [2.05, 4.69) is 6.92 Å². The van der Waals surface area contributed by atoms with Crippen LogP contribution in [0.3, 0.4) is 0 Å². The van der Waals surface area contributed by atoms with E-state index in [9.17, 15) is 0 Å². The molecule has 0 saturated heterocycles. The molecule has 0 aliphatic rings. The van der Waals surface area contributed by atoms with E-state index in [0.717, 1.165) is 6.61 Å². The minimum atomic E-state index is 0.640. The monoisotopic (exact) mass is 218 g/mol. The van der Waals surface area contributed by atoms with E-state index in [1.54, 1.807) is 0 Å². The van der Waals surface area contributed by atoms with Crippen molar-refractivity contribution < 1.29 is 13.9 Å². The van der Waals surface area contributed by atoms with E-state index in [1.165, 1.54) is 18.9 Å². The maximum atomic E-state index is 5.40. The lowest BCUT2D eigenvalue weighted by molar-refractivity contribution is 0.0408. The Morgan fingerprint density at radius 2 is 1.64 bits per heavy atom. The highest BCUT2D eigenvalue weighted by molar-refractivity contribution is 6.26. The van der Waals surface area contributed by atoms with Gasteiger partial charge in [0.1, 0.15) is 0 Å². The molecule has 3 nitrogen and oxygen atoms in total. The second kappa shape index (κ2) is 13.1. The molecule has 0 unspecified atom stereocenters. The number of rotatable bonds is 11. The molecular formula is C10H22O3Si. The van der Waals surface area contributed by atoms with E-state index in [1.807, 2.05) is 6.92 Å². The molecule has 0 heterocycles. The smallest absolute Gasteiger partial charge is 0.229 e. The van der Waals surface area contributed by atoms with Crippen molar-refractivity contribution in [1.82, 2.24) is 0 Å². The fourth-order valence-corrected chi connectivity index (χ4v) is 1.73. The molecule has 0 spiro atoms. The van der Waals surface area contributed by atoms with Crippen molar-refractivity contribution in [3.8, 4) is 0 Å². The number of hydrogen-bond acceptors (Lipinski definition) is 3. The van der Waals surface area contributed by atoms with Gasteiger partial charge >= 0.3 is 0 Å². The molecular weight excluding hydrogens is 196 g/mol. The van der Waals surface area contributed by atoms with Crippen molar-refractivity contribution in [2.75, 3.05) is 33.0 Å². The first-order chi connectivity index (χ1) is 6.91. The highest BCUT2D eigenvalue weighted by atomic mass is 28.2. The second-order valence-electron chi connectivity index (χ2n) is 2.91. The summed E-state index contributed by atoms with van der Waals surface area (Å²) in [6, 6.07) is 1.19. The van der Waals surface area contributed by atoms with Gasteiger partial charge in [-0.2, -0.15) is 0 Å². The fraction of sp³-hybridized carbons (Fsp3) is 1.00. The normalized spacial score (nSPS) is 10.7. The van der Waals surface area contributed by atoms with Crippen LogP contribution in [0.15, 0.2) is 0 Å². The summed E-state index contributed by atoms with van der Waals surface area (Å²) in [7, 11) is 0.640. The Morgan fingerprint density at radius 1 is 0.929 bits per heavy atom. The predicted octanol–water partition coefficient (Wildman–Crippen LogP) is 1.89. The van der Waals surface area contributed by atoms with Gasteiger partial charge in [0.25, 0.3) is 0 Å². The molecule has 0 fully saturated rings. The zero-order chi connectivity index (χ0) is 10.5. The van der Waals surface area contributed by atoms with Crippen LogP contribution in [0, 0.1) is 0 Å². The predicted molar refractivity (Wildman–Crippen MR) is 58.7 cm³/mol. The molecule has 0 amide bonds. The summed E-state index contributed by atoms with van der Waals surface area (Å²) in [6.45, 7) is 7.71. The molecule has 14 heavy (non-hydrogen) atoms. The van der Waals surface area contributed by atoms with Gasteiger partial charge in [0, 0.05) is 6.61 Å². The Balaban J connectivity index is 2.78. The lowest BCUT2D eigenvalue weighted by Crippen LogP contribution is -2.10. The van der Waals surface area contributed by atoms with Crippen LogP contribution in [-0.4, -0.2) is 42.8 Å². The average Bonchev–Trinajstić information content (AvgIpc) is 2.21. The Hall–Kier alpha value is 0.0969. The molecule has 0 atom stereocenters. The van der Waals surface area contributed by atoms with E-state index >= 15 is 0 Å². The highest BCUT2D eigenvalue weighted by Gasteiger charge is 1.92. The lowest BCUT2D eigenvalue weighted by Gasteiger charge is -2.04. The first kappa shape index (κ1) is 14.1. The van der Waals surface area contributed by atoms with Crippen LogP contribution in [0.4, 0.5) is 0 Å². The number of hydrogen-bond donors (Lipinski definition) is 0. The molecule has 0 aliphatic carbocycles. The van der Waals surface area contributed by atoms with E-state index in [0.29, 0.717) is 36.2 Å². The Kier molecular flexibility index (Phi) is 13.2. The van der Waals surface area contributed by atoms with E-state index in [4.69, 9.17) is 13.9 Å². The van der Waals surface area contributed by atoms with Crippen LogP contribution >= 0.6 is 0 Å². The molecule has 0 aliphatic heterocycles. The topological polar surface area (TPSA) is 27.7 Å². The summed E-state index contributed by atoms with van der Waals surface area (Å²) >= 11 is 0. The summed E-state index contributed by atoms with van der Waals surface area (Å²) in [5, 5.41) is 0. The summed E-state index contributed by atoms with van der Waals surface area (Å²) in [5.41, 5.74) is 0. The van der Waals surface area contributed by atoms with Gasteiger partial charge in [-0.25, -0.2) is 0 Å². The summed E-state index contributed by atoms with van der Waals surface area (Å²) < 4.78 is 15.8. The van der Waals surface area contributed by atoms with Crippen LogP contribution in [0.2, 0.25) is 6.04 Å². The van der Waals surface area contributed by atoms with E-state index < -0.39 is 0 Å². The summed E-state index contributed by atoms with van der Waals surface area (Å²) in [5.74, 6) is 0. The largest absolute Gasteiger partial charge is 0.415 e. The standard InChI is InChI=1S/C10H22O3Si/c1-3-5-10-14-13-9-8-12-7-6-11-4-2/h3-10H2,1-2H3. The van der Waals surface area contributed by atoms with Gasteiger partial charge in [0.05, 0.1) is 26.4 Å². The number of ether oxygens (including phenoxy) is 2. The van der Waals surface area contributed by atoms with Crippen LogP contribution in [0.1, 0.15) is 26.7 Å². The fourth-order valence-electron chi connectivity index (χ4n) is 0.858. The van der Waals surface area contributed by atoms with Crippen LogP contribution < -0.4 is 0 Å². The third kappa shape index (κ3) is 12.1. The van der Waals surface area contributed by atoms with Crippen molar-refractivity contribution in [2.24, 2.45) is 0 Å². The van der Waals surface area contributed by atoms with Crippen LogP contribution in [-0.2, 0) is 13.9 Å². The minimum absolute atomic E-state index is 0.640. The molecule has 0 bridgehead atoms. The van der Waals surface area contributed by atoms with Gasteiger partial charge in [-0.05, 0) is 13.0 Å². The highest BCUT2D eigenvalue weighted by Crippen LogP contribution is 1.93. The molecule has 0 saturated carbocycles. The van der Waals surface area contributed by atoms with Gasteiger partial charge in [-0.3, -0.25) is 0 Å². The molecule has 0 N–H and O–H groups in total. The SMILES string of the molecule is CCCC[Si]OCCOCCOCC. The first-order valence-electron chi connectivity index (χ1n) is 5.42. The van der Waals surface area contributed by atoms with Crippen LogP contribution in [0.25, 0.3) is 0 Å². The quantitative estimate of drug-likeness (QED) is 0.391. The van der Waals surface area contributed by atoms with Crippen molar-refractivity contribution in [3.63, 3.8) is 0 Å². The van der Waals surface area contributed by atoms with Crippen molar-refractivity contribution >= 4 is 9.76 Å². The van der Waals surface area contributed by atoms with Gasteiger partial charge in [-0.1, -0.05) is 19.8 Å². The molecule has 0 aromatic heterocycles. The Morgan fingerprint density at radius 3 is 2.36 bits per heavy atom. The van der Waals surface area contributed by atoms with Crippen LogP contribution in [0.5, 0.6) is 0 Å². The Bertz CT molecular complexity index is 89.4. The average molecular weight is 218 g/mol. The molecule has 4 heteroatoms. The molecule has 0 rings (SSSR count). The van der Waals surface area contributed by atoms with E-state index in [-0.39, 0.29) is 0 Å². The third-order valence-corrected chi connectivity index (χ3v) is 2.61. The minimum Gasteiger partial charge on any atom is -0.415 e. The van der Waals surface area contributed by atoms with Gasteiger partial charge in [0.15, 0.2) is 0 Å². The lowest BCUT2D eigenvalue weighted by atomic mass is 10.4. The van der Waals surface area contributed by atoms with Gasteiger partial charge < -0.3 is 13.9 Å². The first-order valence-corrected chi connectivity index (χ1v) is 6.53. The zero-order valence-electron chi connectivity index (χ0n) is 9.38. The molecule has 0 aromatic carbocycles. The molecule has 84 valence electrons. The zero-order valence-corrected chi connectivity index (χ0v) is 10.4.